The third-order valence-corrected chi connectivity index (χ3v) is 3.88. The molecule has 28 heavy (non-hydrogen) atoms. The molecule has 0 bridgehead atoms. The molecule has 146 valence electrons. The van der Waals surface area contributed by atoms with Crippen LogP contribution in [0.5, 0.6) is 5.75 Å². The number of nitro groups is 1. The highest BCUT2D eigenvalue weighted by atomic mass is 35.5. The Morgan fingerprint density at radius 2 is 1.89 bits per heavy atom. The van der Waals surface area contributed by atoms with Gasteiger partial charge in [-0.1, -0.05) is 11.6 Å². The maximum Gasteiger partial charge on any atom is 0.271 e. The largest absolute Gasteiger partial charge is 0.497 e. The van der Waals surface area contributed by atoms with Crippen molar-refractivity contribution in [1.82, 2.24) is 5.43 Å². The fraction of sp³-hybridized carbons (Fsp3) is 0.167. The minimum Gasteiger partial charge on any atom is -0.497 e. The molecule has 0 aliphatic carbocycles. The van der Waals surface area contributed by atoms with Crippen LogP contribution < -0.4 is 15.5 Å². The van der Waals surface area contributed by atoms with Crippen LogP contribution in [0, 0.1) is 10.1 Å². The van der Waals surface area contributed by atoms with Gasteiger partial charge in [-0.3, -0.25) is 19.7 Å². The summed E-state index contributed by atoms with van der Waals surface area (Å²) in [6.45, 7) is 1.57. The highest BCUT2D eigenvalue weighted by molar-refractivity contribution is 6.33. The van der Waals surface area contributed by atoms with Gasteiger partial charge in [0, 0.05) is 29.5 Å². The van der Waals surface area contributed by atoms with Crippen LogP contribution in [0.2, 0.25) is 5.02 Å². The predicted molar refractivity (Wildman–Crippen MR) is 105 cm³/mol. The van der Waals surface area contributed by atoms with Crippen LogP contribution in [0.3, 0.4) is 0 Å². The fourth-order valence-corrected chi connectivity index (χ4v) is 2.30. The van der Waals surface area contributed by atoms with Crippen molar-refractivity contribution in [2.24, 2.45) is 5.10 Å². The lowest BCUT2D eigenvalue weighted by Gasteiger charge is -2.09. The Morgan fingerprint density at radius 1 is 1.21 bits per heavy atom. The van der Waals surface area contributed by atoms with Gasteiger partial charge < -0.3 is 10.1 Å². The zero-order valence-electron chi connectivity index (χ0n) is 15.1. The lowest BCUT2D eigenvalue weighted by molar-refractivity contribution is -0.384. The van der Waals surface area contributed by atoms with E-state index >= 15 is 0 Å². The van der Waals surface area contributed by atoms with E-state index in [4.69, 9.17) is 16.3 Å². The topological polar surface area (TPSA) is 123 Å². The Labute approximate surface area is 165 Å². The van der Waals surface area contributed by atoms with E-state index in [1.54, 1.807) is 25.1 Å². The molecule has 0 radical (unpaired) electrons. The number of amides is 2. The van der Waals surface area contributed by atoms with Crippen LogP contribution in [0.4, 0.5) is 11.4 Å². The second kappa shape index (κ2) is 9.47. The first-order valence-electron chi connectivity index (χ1n) is 8.01. The van der Waals surface area contributed by atoms with Crippen molar-refractivity contribution in [3.63, 3.8) is 0 Å². The zero-order valence-corrected chi connectivity index (χ0v) is 15.8. The van der Waals surface area contributed by atoms with E-state index in [0.29, 0.717) is 22.2 Å². The molecule has 2 rings (SSSR count). The third-order valence-electron chi connectivity index (χ3n) is 3.55. The molecule has 0 aromatic heterocycles. The SMILES string of the molecule is COc1ccc(Cl)c(NC(=O)C/C(C)=N/NC(=O)c2ccc([N+](=O)[O-])cc2)c1. The fourth-order valence-electron chi connectivity index (χ4n) is 2.14. The molecule has 0 aliphatic rings. The molecular weight excluding hydrogens is 388 g/mol. The molecule has 0 heterocycles. The summed E-state index contributed by atoms with van der Waals surface area (Å²) in [6.07, 6.45) is -0.0753. The van der Waals surface area contributed by atoms with E-state index < -0.39 is 10.8 Å². The molecule has 10 heteroatoms. The molecule has 2 N–H and O–H groups in total. The van der Waals surface area contributed by atoms with Gasteiger partial charge in [0.2, 0.25) is 5.91 Å². The smallest absolute Gasteiger partial charge is 0.271 e. The van der Waals surface area contributed by atoms with E-state index in [1.807, 2.05) is 0 Å². The Balaban J connectivity index is 1.93. The number of anilines is 1. The number of rotatable bonds is 7. The second-order valence-corrected chi connectivity index (χ2v) is 6.07. The van der Waals surface area contributed by atoms with Gasteiger partial charge in [-0.25, -0.2) is 5.43 Å². The number of nitrogens with one attached hydrogen (secondary N) is 2. The Bertz CT molecular complexity index is 928. The predicted octanol–water partition coefficient (Wildman–Crippen LogP) is 3.39. The number of carbonyl (C=O) groups excluding carboxylic acids is 2. The van der Waals surface area contributed by atoms with E-state index in [2.05, 4.69) is 15.8 Å². The van der Waals surface area contributed by atoms with Gasteiger partial charge >= 0.3 is 0 Å². The van der Waals surface area contributed by atoms with Crippen LogP contribution >= 0.6 is 11.6 Å². The van der Waals surface area contributed by atoms with Gasteiger partial charge in [-0.05, 0) is 31.2 Å². The number of ether oxygens (including phenoxy) is 1. The Kier molecular flexibility index (Phi) is 7.05. The normalized spacial score (nSPS) is 10.9. The van der Waals surface area contributed by atoms with Gasteiger partial charge in [0.1, 0.15) is 5.75 Å². The van der Waals surface area contributed by atoms with E-state index in [-0.39, 0.29) is 23.6 Å². The minimum atomic E-state index is -0.558. The molecule has 0 atom stereocenters. The van der Waals surface area contributed by atoms with Crippen LogP contribution in [0.25, 0.3) is 0 Å². The average Bonchev–Trinajstić information content (AvgIpc) is 2.67. The van der Waals surface area contributed by atoms with Crippen LogP contribution in [0.1, 0.15) is 23.7 Å². The van der Waals surface area contributed by atoms with E-state index in [9.17, 15) is 19.7 Å². The maximum absolute atomic E-state index is 12.1. The number of benzene rings is 2. The van der Waals surface area contributed by atoms with E-state index in [0.717, 1.165) is 0 Å². The number of methoxy groups -OCH3 is 1. The summed E-state index contributed by atoms with van der Waals surface area (Å²) in [5.41, 5.74) is 3.13. The van der Waals surface area contributed by atoms with Gasteiger partial charge in [-0.2, -0.15) is 5.10 Å². The van der Waals surface area contributed by atoms with Crippen molar-refractivity contribution in [1.29, 1.82) is 0 Å². The van der Waals surface area contributed by atoms with Crippen LogP contribution in [-0.4, -0.2) is 29.6 Å². The number of carbonyl (C=O) groups is 2. The molecule has 9 nitrogen and oxygen atoms in total. The number of hydrazone groups is 1. The van der Waals surface area contributed by atoms with Gasteiger partial charge in [-0.15, -0.1) is 0 Å². The summed E-state index contributed by atoms with van der Waals surface area (Å²) >= 11 is 6.04. The molecule has 0 fully saturated rings. The quantitative estimate of drug-likeness (QED) is 0.416. The summed E-state index contributed by atoms with van der Waals surface area (Å²) in [6, 6.07) is 9.92. The number of halogens is 1. The lowest BCUT2D eigenvalue weighted by Crippen LogP contribution is -2.21. The monoisotopic (exact) mass is 404 g/mol. The van der Waals surface area contributed by atoms with E-state index in [1.165, 1.54) is 31.4 Å². The van der Waals surface area contributed by atoms with Gasteiger partial charge in [0.15, 0.2) is 0 Å². The molecule has 2 amide bonds. The van der Waals surface area contributed by atoms with Gasteiger partial charge in [0.25, 0.3) is 11.6 Å². The minimum absolute atomic E-state index is 0.0753. The summed E-state index contributed by atoms with van der Waals surface area (Å²) in [5.74, 6) is -0.382. The molecule has 0 spiro atoms. The lowest BCUT2D eigenvalue weighted by atomic mass is 10.2. The van der Waals surface area contributed by atoms with Crippen molar-refractivity contribution in [3.8, 4) is 5.75 Å². The first-order valence-corrected chi connectivity index (χ1v) is 8.39. The summed E-state index contributed by atoms with van der Waals surface area (Å²) in [4.78, 5) is 34.2. The highest BCUT2D eigenvalue weighted by Crippen LogP contribution is 2.26. The standard InChI is InChI=1S/C18H17ClN4O5/c1-11(9-17(24)20-16-10-14(28-2)7-8-15(16)19)21-22-18(25)12-3-5-13(6-4-12)23(26)27/h3-8,10H,9H2,1-2H3,(H,20,24)(H,22,25)/b21-11+. The third kappa shape index (κ3) is 5.78. The first kappa shape index (κ1) is 20.8. The Hall–Kier alpha value is -3.46. The van der Waals surface area contributed by atoms with Crippen molar-refractivity contribution in [2.75, 3.05) is 12.4 Å². The first-order chi connectivity index (χ1) is 13.3. The molecule has 2 aromatic carbocycles. The van der Waals surface area contributed by atoms with Crippen molar-refractivity contribution in [2.45, 2.75) is 13.3 Å². The number of non-ortho nitro benzene ring substituents is 1. The number of hydrogen-bond donors (Lipinski definition) is 2. The maximum atomic E-state index is 12.1. The molecular formula is C18H17ClN4O5. The van der Waals surface area contributed by atoms with Crippen molar-refractivity contribution < 1.29 is 19.2 Å². The number of hydrogen-bond acceptors (Lipinski definition) is 6. The van der Waals surface area contributed by atoms with Gasteiger partial charge in [0.05, 0.1) is 29.2 Å². The zero-order chi connectivity index (χ0) is 20.7. The molecule has 0 saturated carbocycles. The van der Waals surface area contributed by atoms with Crippen molar-refractivity contribution >= 4 is 40.5 Å². The molecule has 0 unspecified atom stereocenters. The number of nitrogens with zero attached hydrogens (tertiary/aromatic N) is 2. The van der Waals surface area contributed by atoms with Crippen LogP contribution in [-0.2, 0) is 4.79 Å². The van der Waals surface area contributed by atoms with Crippen molar-refractivity contribution in [3.05, 3.63) is 63.2 Å². The summed E-state index contributed by atoms with van der Waals surface area (Å²) in [5, 5.41) is 17.5. The molecule has 0 saturated heterocycles. The second-order valence-electron chi connectivity index (χ2n) is 5.66. The highest BCUT2D eigenvalue weighted by Gasteiger charge is 2.11. The number of nitro benzene ring substituents is 1. The summed E-state index contributed by atoms with van der Waals surface area (Å²) in [7, 11) is 1.50. The summed E-state index contributed by atoms with van der Waals surface area (Å²) < 4.78 is 5.08. The molecule has 0 aliphatic heterocycles. The Morgan fingerprint density at radius 3 is 2.50 bits per heavy atom. The average molecular weight is 405 g/mol. The van der Waals surface area contributed by atoms with Crippen LogP contribution in [0.15, 0.2) is 47.6 Å². The molecule has 2 aromatic rings.